The van der Waals surface area contributed by atoms with E-state index in [9.17, 15) is 4.79 Å². The highest BCUT2D eigenvalue weighted by atomic mass is 16.5. The minimum Gasteiger partial charge on any atom is -0.373 e. The molecular formula is C16H18N2O2. The summed E-state index contributed by atoms with van der Waals surface area (Å²) < 4.78 is 5.77. The van der Waals surface area contributed by atoms with Crippen LogP contribution >= 0.6 is 0 Å². The lowest BCUT2D eigenvalue weighted by Crippen LogP contribution is -2.42. The quantitative estimate of drug-likeness (QED) is 0.898. The smallest absolute Gasteiger partial charge is 0.224 e. The Labute approximate surface area is 117 Å². The Morgan fingerprint density at radius 3 is 3.05 bits per heavy atom. The van der Waals surface area contributed by atoms with E-state index in [1.807, 2.05) is 24.4 Å². The molecule has 4 nitrogen and oxygen atoms in total. The molecule has 1 aromatic heterocycles. The van der Waals surface area contributed by atoms with E-state index in [4.69, 9.17) is 4.74 Å². The fourth-order valence-corrected chi connectivity index (χ4v) is 3.50. The number of para-hydroxylation sites is 1. The number of H-pyrrole nitrogens is 1. The van der Waals surface area contributed by atoms with Crippen LogP contribution in [0.5, 0.6) is 0 Å². The highest BCUT2D eigenvalue weighted by Gasteiger charge is 2.41. The molecule has 3 unspecified atom stereocenters. The van der Waals surface area contributed by atoms with E-state index < -0.39 is 0 Å². The summed E-state index contributed by atoms with van der Waals surface area (Å²) in [7, 11) is 0. The lowest BCUT2D eigenvalue weighted by Gasteiger charge is -2.19. The summed E-state index contributed by atoms with van der Waals surface area (Å²) in [5.74, 6) is 0.0934. The Kier molecular flexibility index (Phi) is 2.77. The van der Waals surface area contributed by atoms with Crippen molar-refractivity contribution in [2.75, 3.05) is 0 Å². The number of hydrogen-bond acceptors (Lipinski definition) is 2. The maximum Gasteiger partial charge on any atom is 0.224 e. The average Bonchev–Trinajstić information content (AvgIpc) is 3.14. The van der Waals surface area contributed by atoms with Gasteiger partial charge in [-0.3, -0.25) is 4.79 Å². The molecule has 0 saturated carbocycles. The van der Waals surface area contributed by atoms with Gasteiger partial charge in [0.1, 0.15) is 0 Å². The second kappa shape index (κ2) is 4.63. The molecule has 0 radical (unpaired) electrons. The Hall–Kier alpha value is -1.81. The summed E-state index contributed by atoms with van der Waals surface area (Å²) in [6, 6.07) is 8.29. The van der Waals surface area contributed by atoms with Crippen molar-refractivity contribution in [2.45, 2.75) is 43.9 Å². The SMILES string of the molecule is O=C(Cc1c[nH]c2ccccc12)NC1CC2CCC1O2. The van der Waals surface area contributed by atoms with Crippen LogP contribution in [0.1, 0.15) is 24.8 Å². The van der Waals surface area contributed by atoms with Gasteiger partial charge < -0.3 is 15.0 Å². The van der Waals surface area contributed by atoms with E-state index in [0.717, 1.165) is 35.7 Å². The summed E-state index contributed by atoms with van der Waals surface area (Å²) >= 11 is 0. The van der Waals surface area contributed by atoms with Crippen molar-refractivity contribution in [3.05, 3.63) is 36.0 Å². The first-order chi connectivity index (χ1) is 9.79. The Morgan fingerprint density at radius 2 is 2.25 bits per heavy atom. The second-order valence-corrected chi connectivity index (χ2v) is 5.82. The first-order valence-electron chi connectivity index (χ1n) is 7.29. The van der Waals surface area contributed by atoms with Crippen molar-refractivity contribution < 1.29 is 9.53 Å². The monoisotopic (exact) mass is 270 g/mol. The van der Waals surface area contributed by atoms with Gasteiger partial charge in [-0.05, 0) is 30.9 Å². The number of aromatic nitrogens is 1. The number of ether oxygens (including phenoxy) is 1. The van der Waals surface area contributed by atoms with Gasteiger partial charge in [0.05, 0.1) is 24.7 Å². The molecule has 20 heavy (non-hydrogen) atoms. The molecule has 0 aliphatic carbocycles. The fraction of sp³-hybridized carbons (Fsp3) is 0.438. The molecule has 4 rings (SSSR count). The normalized spacial score (nSPS) is 28.1. The second-order valence-electron chi connectivity index (χ2n) is 5.82. The molecule has 2 saturated heterocycles. The molecule has 2 aromatic rings. The molecule has 4 heteroatoms. The van der Waals surface area contributed by atoms with Crippen molar-refractivity contribution in [3.63, 3.8) is 0 Å². The topological polar surface area (TPSA) is 54.1 Å². The van der Waals surface area contributed by atoms with E-state index in [2.05, 4.69) is 16.4 Å². The van der Waals surface area contributed by atoms with Gasteiger partial charge in [-0.25, -0.2) is 0 Å². The van der Waals surface area contributed by atoms with Gasteiger partial charge in [0, 0.05) is 17.1 Å². The van der Waals surface area contributed by atoms with Crippen LogP contribution in [0.3, 0.4) is 0 Å². The van der Waals surface area contributed by atoms with E-state index in [1.54, 1.807) is 0 Å². The maximum absolute atomic E-state index is 12.2. The highest BCUT2D eigenvalue weighted by molar-refractivity contribution is 5.88. The summed E-state index contributed by atoms with van der Waals surface area (Å²) in [6.45, 7) is 0. The molecular weight excluding hydrogens is 252 g/mol. The van der Waals surface area contributed by atoms with Crippen LogP contribution in [0.25, 0.3) is 10.9 Å². The number of aromatic amines is 1. The molecule has 2 bridgehead atoms. The van der Waals surface area contributed by atoms with Gasteiger partial charge in [0.2, 0.25) is 5.91 Å². The van der Waals surface area contributed by atoms with Crippen molar-refractivity contribution in [1.82, 2.24) is 10.3 Å². The van der Waals surface area contributed by atoms with Crippen LogP contribution < -0.4 is 5.32 Å². The third-order valence-corrected chi connectivity index (χ3v) is 4.48. The molecule has 2 N–H and O–H groups in total. The van der Waals surface area contributed by atoms with Gasteiger partial charge in [-0.1, -0.05) is 18.2 Å². The first kappa shape index (κ1) is 12.0. The van der Waals surface area contributed by atoms with E-state index in [0.29, 0.717) is 12.5 Å². The number of hydrogen-bond donors (Lipinski definition) is 2. The average molecular weight is 270 g/mol. The number of rotatable bonds is 3. The van der Waals surface area contributed by atoms with Crippen molar-refractivity contribution >= 4 is 16.8 Å². The third kappa shape index (κ3) is 2.00. The van der Waals surface area contributed by atoms with Gasteiger partial charge in [-0.15, -0.1) is 0 Å². The zero-order valence-electron chi connectivity index (χ0n) is 11.3. The van der Waals surface area contributed by atoms with Gasteiger partial charge >= 0.3 is 0 Å². The third-order valence-electron chi connectivity index (χ3n) is 4.48. The predicted octanol–water partition coefficient (Wildman–Crippen LogP) is 2.15. The van der Waals surface area contributed by atoms with E-state index in [-0.39, 0.29) is 18.1 Å². The molecule has 2 aliphatic rings. The van der Waals surface area contributed by atoms with Crippen molar-refractivity contribution in [2.24, 2.45) is 0 Å². The fourth-order valence-electron chi connectivity index (χ4n) is 3.50. The van der Waals surface area contributed by atoms with Gasteiger partial charge in [0.25, 0.3) is 0 Å². The standard InChI is InChI=1S/C16H18N2O2/c19-16(18-14-8-11-5-6-15(14)20-11)7-10-9-17-13-4-2-1-3-12(10)13/h1-4,9,11,14-15,17H,5-8H2,(H,18,19). The molecule has 2 aliphatic heterocycles. The van der Waals surface area contributed by atoms with Gasteiger partial charge in [0.15, 0.2) is 0 Å². The number of benzene rings is 1. The van der Waals surface area contributed by atoms with Crippen LogP contribution in [0, 0.1) is 0 Å². The molecule has 2 fully saturated rings. The summed E-state index contributed by atoms with van der Waals surface area (Å²) in [5, 5.41) is 4.27. The van der Waals surface area contributed by atoms with Crippen molar-refractivity contribution in [1.29, 1.82) is 0 Å². The number of carbonyl (C=O) groups excluding carboxylic acids is 1. The summed E-state index contributed by atoms with van der Waals surface area (Å²) in [6.07, 6.45) is 6.19. The van der Waals surface area contributed by atoms with Gasteiger partial charge in [-0.2, -0.15) is 0 Å². The Bertz CT molecular complexity index is 649. The molecule has 3 atom stereocenters. The number of fused-ring (bicyclic) bond motifs is 3. The molecule has 3 heterocycles. The summed E-state index contributed by atoms with van der Waals surface area (Å²) in [5.41, 5.74) is 2.14. The predicted molar refractivity (Wildman–Crippen MR) is 76.4 cm³/mol. The van der Waals surface area contributed by atoms with Crippen molar-refractivity contribution in [3.8, 4) is 0 Å². The molecule has 0 spiro atoms. The minimum atomic E-state index is 0.0934. The molecule has 104 valence electrons. The molecule has 1 amide bonds. The van der Waals surface area contributed by atoms with Crippen LogP contribution in [0.2, 0.25) is 0 Å². The number of carbonyl (C=O) groups is 1. The van der Waals surface area contributed by atoms with Crippen LogP contribution in [0.4, 0.5) is 0 Å². The lowest BCUT2D eigenvalue weighted by atomic mass is 9.95. The zero-order chi connectivity index (χ0) is 13.5. The van der Waals surface area contributed by atoms with E-state index in [1.165, 1.54) is 0 Å². The van der Waals surface area contributed by atoms with E-state index >= 15 is 0 Å². The number of amides is 1. The summed E-state index contributed by atoms with van der Waals surface area (Å²) in [4.78, 5) is 15.4. The highest BCUT2D eigenvalue weighted by Crippen LogP contribution is 2.34. The zero-order valence-corrected chi connectivity index (χ0v) is 11.3. The number of nitrogens with one attached hydrogen (secondary N) is 2. The van der Waals surface area contributed by atoms with Crippen LogP contribution in [-0.2, 0) is 16.0 Å². The van der Waals surface area contributed by atoms with Crippen LogP contribution in [0.15, 0.2) is 30.5 Å². The van der Waals surface area contributed by atoms with Crippen LogP contribution in [-0.4, -0.2) is 29.1 Å². The Morgan fingerprint density at radius 1 is 1.35 bits per heavy atom. The lowest BCUT2D eigenvalue weighted by molar-refractivity contribution is -0.121. The largest absolute Gasteiger partial charge is 0.373 e. The maximum atomic E-state index is 12.2. The minimum absolute atomic E-state index is 0.0934. The Balaban J connectivity index is 1.45. The molecule has 1 aromatic carbocycles. The first-order valence-corrected chi connectivity index (χ1v) is 7.29.